The predicted octanol–water partition coefficient (Wildman–Crippen LogP) is 12.7. The largest absolute Gasteiger partial charge is 0.499 e. The van der Waals surface area contributed by atoms with E-state index in [0.717, 1.165) is 67.0 Å². The smallest absolute Gasteiger partial charge is 0.399 e. The number of rotatable bonds is 4. The third-order valence-corrected chi connectivity index (χ3v) is 13.1. The highest BCUT2D eigenvalue weighted by molar-refractivity contribution is 6.64. The Morgan fingerprint density at radius 1 is 0.400 bits per heavy atom. The van der Waals surface area contributed by atoms with Crippen molar-refractivity contribution in [1.29, 1.82) is 0 Å². The summed E-state index contributed by atoms with van der Waals surface area (Å²) in [6.45, 7) is 28.1. The first-order valence-electron chi connectivity index (χ1n) is 21.2. The molecule has 2 N–H and O–H groups in total. The van der Waals surface area contributed by atoms with Crippen molar-refractivity contribution in [3.8, 4) is 33.4 Å². The Kier molecular flexibility index (Phi) is 9.38. The number of nitrogens with zero attached hydrogens (tertiary/aromatic N) is 2. The second-order valence-electron chi connectivity index (χ2n) is 18.5. The van der Waals surface area contributed by atoms with E-state index in [9.17, 15) is 0 Å². The lowest BCUT2D eigenvalue weighted by atomic mass is 9.76. The van der Waals surface area contributed by atoms with Crippen LogP contribution in [0.25, 0.3) is 79.8 Å². The van der Waals surface area contributed by atoms with E-state index in [1.165, 1.54) is 66.8 Å². The number of hydrogen-bond acceptors (Lipinski definition) is 4. The van der Waals surface area contributed by atoms with Gasteiger partial charge >= 0.3 is 7.12 Å². The normalized spacial score (nSPS) is 15.4. The van der Waals surface area contributed by atoms with Crippen molar-refractivity contribution >= 4 is 59.0 Å². The van der Waals surface area contributed by atoms with E-state index < -0.39 is 18.3 Å². The molecule has 8 bridgehead atoms. The molecule has 6 nitrogen and oxygen atoms in total. The van der Waals surface area contributed by atoms with Crippen molar-refractivity contribution in [3.05, 3.63) is 134 Å². The van der Waals surface area contributed by atoms with Crippen LogP contribution in [0.4, 0.5) is 0 Å². The highest BCUT2D eigenvalue weighted by Crippen LogP contribution is 2.42. The summed E-state index contributed by atoms with van der Waals surface area (Å²) >= 11 is 0. The molecule has 0 unspecified atom stereocenters. The Morgan fingerprint density at radius 2 is 0.683 bits per heavy atom. The monoisotopic (exact) mass is 790 g/mol. The molecule has 0 aliphatic carbocycles. The number of nitrogens with one attached hydrogen (secondary N) is 2. The quantitative estimate of drug-likeness (QED) is 0.174. The second kappa shape index (κ2) is 14.2. The van der Waals surface area contributed by atoms with Gasteiger partial charge in [0.25, 0.3) is 0 Å². The Labute approximate surface area is 355 Å². The average molecular weight is 791 g/mol. The number of fused-ring (bicyclic) bond motifs is 8. The van der Waals surface area contributed by atoms with Crippen molar-refractivity contribution in [1.82, 2.24) is 19.9 Å². The molecule has 0 radical (unpaired) electrons. The molecule has 7 heteroatoms. The van der Waals surface area contributed by atoms with Gasteiger partial charge in [0.15, 0.2) is 0 Å². The lowest BCUT2D eigenvalue weighted by molar-refractivity contribution is 0.00578. The lowest BCUT2D eigenvalue weighted by Gasteiger charge is -2.32. The number of aromatic nitrogens is 4. The molecule has 6 heterocycles. The van der Waals surface area contributed by atoms with Crippen molar-refractivity contribution in [2.75, 3.05) is 0 Å². The van der Waals surface area contributed by atoms with Crippen LogP contribution in [0.15, 0.2) is 60.7 Å². The maximum Gasteiger partial charge on any atom is 0.499 e. The molecule has 60 heavy (non-hydrogen) atoms. The van der Waals surface area contributed by atoms with Gasteiger partial charge in [-0.05, 0) is 189 Å². The molecule has 1 fully saturated rings. The van der Waals surface area contributed by atoms with Crippen LogP contribution in [0.1, 0.15) is 101 Å². The fourth-order valence-corrected chi connectivity index (χ4v) is 9.95. The van der Waals surface area contributed by atoms with Gasteiger partial charge in [0, 0.05) is 44.2 Å². The molecule has 9 rings (SSSR count). The van der Waals surface area contributed by atoms with Gasteiger partial charge in [0.05, 0.1) is 34.0 Å². The van der Waals surface area contributed by atoms with Crippen molar-refractivity contribution < 1.29 is 9.31 Å². The molecule has 0 atom stereocenters. The van der Waals surface area contributed by atoms with Crippen molar-refractivity contribution in [2.45, 2.75) is 101 Å². The van der Waals surface area contributed by atoms with Crippen LogP contribution in [0.2, 0.25) is 0 Å². The summed E-state index contributed by atoms with van der Waals surface area (Å²) in [6.07, 6.45) is 8.50. The lowest BCUT2D eigenvalue weighted by Crippen LogP contribution is -2.41. The number of aryl methyl sites for hydroxylation is 9. The first kappa shape index (κ1) is 39.7. The maximum absolute atomic E-state index is 6.83. The molecule has 3 aromatic heterocycles. The number of aromatic amines is 2. The summed E-state index contributed by atoms with van der Waals surface area (Å²) in [6, 6.07) is 22.5. The third-order valence-electron chi connectivity index (χ3n) is 13.1. The SMILES string of the molecule is Cc1cc(C)c(-c2c3nc(c(B4OC(C)(C)C(C)(C)O4)c4nc(c(-c5c(C)cc(C)cc5C)c5ccc([nH]5)c(-c5c(C)cc(C)cc5C)c5ccc2[nH]5)C=C4)C=C3)c(C)c1. The summed E-state index contributed by atoms with van der Waals surface area (Å²) in [5.41, 5.74) is 24.7. The van der Waals surface area contributed by atoms with E-state index in [4.69, 9.17) is 19.3 Å². The molecule has 0 amide bonds. The molecule has 302 valence electrons. The number of H-pyrrole nitrogens is 2. The summed E-state index contributed by atoms with van der Waals surface area (Å²) in [4.78, 5) is 19.0. The zero-order valence-corrected chi connectivity index (χ0v) is 37.4. The second-order valence-corrected chi connectivity index (χ2v) is 18.5. The van der Waals surface area contributed by atoms with Crippen LogP contribution < -0.4 is 5.46 Å². The maximum atomic E-state index is 6.83. The summed E-state index contributed by atoms with van der Waals surface area (Å²) in [5.74, 6) is 0. The first-order chi connectivity index (χ1) is 28.4. The zero-order chi connectivity index (χ0) is 42.6. The Bertz CT molecular complexity index is 2810. The molecule has 3 aromatic carbocycles. The van der Waals surface area contributed by atoms with Crippen LogP contribution in [0, 0.1) is 62.3 Å². The topological polar surface area (TPSA) is 75.8 Å². The van der Waals surface area contributed by atoms with E-state index in [1.807, 2.05) is 0 Å². The van der Waals surface area contributed by atoms with E-state index in [-0.39, 0.29) is 0 Å². The predicted molar refractivity (Wildman–Crippen MR) is 254 cm³/mol. The molecular weight excluding hydrogens is 735 g/mol. The highest BCUT2D eigenvalue weighted by atomic mass is 16.7. The van der Waals surface area contributed by atoms with Gasteiger partial charge in [-0.25, -0.2) is 9.97 Å². The minimum absolute atomic E-state index is 0.560. The average Bonchev–Trinajstić information content (AvgIpc) is 3.99. The van der Waals surface area contributed by atoms with Gasteiger partial charge in [-0.2, -0.15) is 0 Å². The minimum Gasteiger partial charge on any atom is -0.399 e. The van der Waals surface area contributed by atoms with Gasteiger partial charge in [-0.3, -0.25) is 0 Å². The summed E-state index contributed by atoms with van der Waals surface area (Å²) in [7, 11) is -0.690. The first-order valence-corrected chi connectivity index (χ1v) is 21.2. The molecule has 3 aliphatic rings. The van der Waals surface area contributed by atoms with E-state index in [0.29, 0.717) is 0 Å². The van der Waals surface area contributed by atoms with Gasteiger partial charge in [0.1, 0.15) is 0 Å². The van der Waals surface area contributed by atoms with Crippen LogP contribution in [-0.4, -0.2) is 38.3 Å². The third kappa shape index (κ3) is 6.50. The number of hydrogen-bond donors (Lipinski definition) is 2. The number of benzene rings is 3. The van der Waals surface area contributed by atoms with Crippen LogP contribution in [0.5, 0.6) is 0 Å². The highest BCUT2D eigenvalue weighted by Gasteiger charge is 2.53. The van der Waals surface area contributed by atoms with E-state index in [1.54, 1.807) is 0 Å². The Morgan fingerprint density at radius 3 is 1.02 bits per heavy atom. The van der Waals surface area contributed by atoms with Gasteiger partial charge in [0.2, 0.25) is 0 Å². The van der Waals surface area contributed by atoms with Crippen molar-refractivity contribution in [2.24, 2.45) is 0 Å². The summed E-state index contributed by atoms with van der Waals surface area (Å²) in [5, 5.41) is 0. The van der Waals surface area contributed by atoms with Crippen LogP contribution in [-0.2, 0) is 9.31 Å². The van der Waals surface area contributed by atoms with Gasteiger partial charge in [-0.1, -0.05) is 53.1 Å². The Hall–Kier alpha value is -5.76. The van der Waals surface area contributed by atoms with Gasteiger partial charge < -0.3 is 19.3 Å². The van der Waals surface area contributed by atoms with E-state index >= 15 is 0 Å². The fraction of sp³-hybridized carbons (Fsp3) is 0.283. The summed E-state index contributed by atoms with van der Waals surface area (Å²) < 4.78 is 13.7. The molecule has 1 saturated heterocycles. The molecule has 0 spiro atoms. The molecule has 6 aromatic rings. The van der Waals surface area contributed by atoms with Crippen LogP contribution in [0.3, 0.4) is 0 Å². The van der Waals surface area contributed by atoms with Crippen LogP contribution >= 0.6 is 0 Å². The molecular formula is C53H55BN4O2. The molecule has 3 aliphatic heterocycles. The zero-order valence-electron chi connectivity index (χ0n) is 37.4. The fourth-order valence-electron chi connectivity index (χ4n) is 9.95. The van der Waals surface area contributed by atoms with E-state index in [2.05, 4.69) is 185 Å². The standard InChI is InChI=1S/C53H55BN4O2/c1-28-22-31(4)45(32(5)23-28)48-37-14-16-39(55-37)49(46-33(6)24-29(2)25-34(46)7)41-18-20-43(57-41)51(54-59-52(10,11)53(12,13)60-54)44-21-19-42(58-44)50(40-17-15-38(48)56-40)47-35(8)26-30(3)27-36(47)9/h14-27,55-56H,1-13H3. The molecule has 0 saturated carbocycles. The minimum atomic E-state index is -0.690. The van der Waals surface area contributed by atoms with Crippen molar-refractivity contribution in [3.63, 3.8) is 0 Å². The van der Waals surface area contributed by atoms with Gasteiger partial charge in [-0.15, -0.1) is 0 Å². The Balaban J connectivity index is 1.50.